The summed E-state index contributed by atoms with van der Waals surface area (Å²) in [4.78, 5) is 13.9. The number of thioether (sulfide) groups is 1. The van der Waals surface area contributed by atoms with Crippen LogP contribution in [0.5, 0.6) is 0 Å². The highest BCUT2D eigenvalue weighted by molar-refractivity contribution is 7.99. The van der Waals surface area contributed by atoms with Gasteiger partial charge in [-0.3, -0.25) is 0 Å². The van der Waals surface area contributed by atoms with E-state index in [-0.39, 0.29) is 6.09 Å². The van der Waals surface area contributed by atoms with Crippen LogP contribution in [0.4, 0.5) is 4.79 Å². The number of nitrogens with zero attached hydrogens (tertiary/aromatic N) is 1. The summed E-state index contributed by atoms with van der Waals surface area (Å²) in [6, 6.07) is 1.05. The van der Waals surface area contributed by atoms with Crippen LogP contribution < -0.4 is 5.32 Å². The monoisotopic (exact) mass is 300 g/mol. The maximum absolute atomic E-state index is 12.0. The fourth-order valence-corrected chi connectivity index (χ4v) is 4.04. The summed E-state index contributed by atoms with van der Waals surface area (Å²) in [5.41, 5.74) is -0.405. The van der Waals surface area contributed by atoms with E-state index in [0.717, 1.165) is 24.8 Å². The molecular formula is C15H28N2O2S. The summed E-state index contributed by atoms with van der Waals surface area (Å²) in [5.74, 6) is 0. The third kappa shape index (κ3) is 4.29. The first-order chi connectivity index (χ1) is 9.39. The third-order valence-corrected chi connectivity index (χ3v) is 5.21. The van der Waals surface area contributed by atoms with Crippen LogP contribution in [0.25, 0.3) is 0 Å². The van der Waals surface area contributed by atoms with Crippen LogP contribution in [-0.4, -0.2) is 53.3 Å². The van der Waals surface area contributed by atoms with Crippen molar-refractivity contribution in [2.24, 2.45) is 0 Å². The zero-order valence-corrected chi connectivity index (χ0v) is 14.0. The predicted molar refractivity (Wildman–Crippen MR) is 84.3 cm³/mol. The van der Waals surface area contributed by atoms with Crippen molar-refractivity contribution in [2.45, 2.75) is 69.4 Å². The number of likely N-dealkylation sites (tertiary alicyclic amines) is 1. The van der Waals surface area contributed by atoms with Crippen molar-refractivity contribution in [1.82, 2.24) is 10.2 Å². The molecule has 3 unspecified atom stereocenters. The molecule has 2 fully saturated rings. The Bertz CT molecular complexity index is 343. The number of carbonyl (C=O) groups is 1. The number of amides is 1. The van der Waals surface area contributed by atoms with Gasteiger partial charge >= 0.3 is 6.09 Å². The minimum absolute atomic E-state index is 0.172. The zero-order valence-electron chi connectivity index (χ0n) is 13.1. The molecule has 20 heavy (non-hydrogen) atoms. The van der Waals surface area contributed by atoms with E-state index in [1.165, 1.54) is 19.3 Å². The Hall–Kier alpha value is -0.420. The molecule has 1 saturated heterocycles. The maximum atomic E-state index is 12.0. The molecule has 3 atom stereocenters. The van der Waals surface area contributed by atoms with Crippen LogP contribution in [-0.2, 0) is 4.74 Å². The molecule has 1 N–H and O–H groups in total. The number of hydrogen-bond donors (Lipinski definition) is 1. The van der Waals surface area contributed by atoms with Gasteiger partial charge in [0.2, 0.25) is 0 Å². The molecule has 0 bridgehead atoms. The molecule has 2 rings (SSSR count). The molecule has 0 spiro atoms. The van der Waals surface area contributed by atoms with E-state index in [4.69, 9.17) is 4.74 Å². The number of hydrogen-bond acceptors (Lipinski definition) is 4. The molecule has 1 heterocycles. The quantitative estimate of drug-likeness (QED) is 0.870. The van der Waals surface area contributed by atoms with E-state index < -0.39 is 5.60 Å². The Kier molecular flexibility index (Phi) is 5.24. The average molecular weight is 300 g/mol. The van der Waals surface area contributed by atoms with Gasteiger partial charge in [-0.15, -0.1) is 0 Å². The fourth-order valence-electron chi connectivity index (χ4n) is 3.09. The van der Waals surface area contributed by atoms with Gasteiger partial charge in [-0.2, -0.15) is 11.8 Å². The molecule has 1 aliphatic heterocycles. The van der Waals surface area contributed by atoms with Crippen molar-refractivity contribution >= 4 is 17.9 Å². The Morgan fingerprint density at radius 2 is 2.05 bits per heavy atom. The van der Waals surface area contributed by atoms with Crippen LogP contribution in [0.2, 0.25) is 0 Å². The van der Waals surface area contributed by atoms with E-state index in [9.17, 15) is 4.79 Å². The lowest BCUT2D eigenvalue weighted by atomic mass is 10.2. The fraction of sp³-hybridized carbons (Fsp3) is 0.933. The second kappa shape index (κ2) is 6.56. The van der Waals surface area contributed by atoms with Gasteiger partial charge < -0.3 is 15.0 Å². The van der Waals surface area contributed by atoms with Crippen molar-refractivity contribution < 1.29 is 9.53 Å². The van der Waals surface area contributed by atoms with Crippen LogP contribution in [0.1, 0.15) is 46.5 Å². The molecule has 5 heteroatoms. The molecule has 2 aliphatic rings. The number of nitrogens with one attached hydrogen (secondary N) is 1. The summed E-state index contributed by atoms with van der Waals surface area (Å²) in [5, 5.41) is 4.50. The standard InChI is InChI=1S/C15H28N2O2S/c1-15(2,3)19-14(18)17-9-8-11(10-17)16-12-6-5-7-13(12)20-4/h11-13,16H,5-10H2,1-4H3. The van der Waals surface area contributed by atoms with Gasteiger partial charge in [0, 0.05) is 30.4 Å². The van der Waals surface area contributed by atoms with Crippen LogP contribution in [0.3, 0.4) is 0 Å². The smallest absolute Gasteiger partial charge is 0.410 e. The molecule has 0 aromatic carbocycles. The minimum Gasteiger partial charge on any atom is -0.444 e. The summed E-state index contributed by atoms with van der Waals surface area (Å²) < 4.78 is 5.44. The number of carbonyl (C=O) groups excluding carboxylic acids is 1. The van der Waals surface area contributed by atoms with E-state index in [1.807, 2.05) is 37.4 Å². The lowest BCUT2D eigenvalue weighted by molar-refractivity contribution is 0.0290. The van der Waals surface area contributed by atoms with Crippen LogP contribution in [0.15, 0.2) is 0 Å². The summed E-state index contributed by atoms with van der Waals surface area (Å²) >= 11 is 1.97. The van der Waals surface area contributed by atoms with Crippen LogP contribution >= 0.6 is 11.8 Å². The van der Waals surface area contributed by atoms with Crippen LogP contribution in [0, 0.1) is 0 Å². The summed E-state index contributed by atoms with van der Waals surface area (Å²) in [7, 11) is 0. The molecule has 0 aromatic rings. The van der Waals surface area contributed by atoms with Gasteiger partial charge in [0.15, 0.2) is 0 Å². The van der Waals surface area contributed by atoms with Crippen molar-refractivity contribution in [3.05, 3.63) is 0 Å². The molecule has 0 radical (unpaired) electrons. The molecule has 1 amide bonds. The Morgan fingerprint density at radius 3 is 2.70 bits per heavy atom. The van der Waals surface area contributed by atoms with Crippen molar-refractivity contribution in [3.63, 3.8) is 0 Å². The van der Waals surface area contributed by atoms with E-state index >= 15 is 0 Å². The number of rotatable bonds is 3. The second-order valence-electron chi connectivity index (χ2n) is 6.89. The molecule has 4 nitrogen and oxygen atoms in total. The van der Waals surface area contributed by atoms with Crippen molar-refractivity contribution in [2.75, 3.05) is 19.3 Å². The van der Waals surface area contributed by atoms with E-state index in [2.05, 4.69) is 11.6 Å². The highest BCUT2D eigenvalue weighted by Gasteiger charge is 2.33. The minimum atomic E-state index is -0.405. The zero-order chi connectivity index (χ0) is 14.8. The van der Waals surface area contributed by atoms with Crippen molar-refractivity contribution in [3.8, 4) is 0 Å². The van der Waals surface area contributed by atoms with Gasteiger partial charge in [-0.1, -0.05) is 6.42 Å². The summed E-state index contributed by atoms with van der Waals surface area (Å²) in [6.07, 6.45) is 6.99. The molecule has 116 valence electrons. The van der Waals surface area contributed by atoms with Gasteiger partial charge in [0.1, 0.15) is 5.60 Å². The Morgan fingerprint density at radius 1 is 1.30 bits per heavy atom. The lowest BCUT2D eigenvalue weighted by Crippen LogP contribution is -2.44. The molecular weight excluding hydrogens is 272 g/mol. The first kappa shape index (κ1) is 16.0. The second-order valence-corrected chi connectivity index (χ2v) is 7.97. The Balaban J connectivity index is 1.79. The molecule has 0 aromatic heterocycles. The van der Waals surface area contributed by atoms with Gasteiger partial charge in [-0.25, -0.2) is 4.79 Å². The first-order valence-corrected chi connectivity index (χ1v) is 8.94. The third-order valence-electron chi connectivity index (χ3n) is 4.05. The topological polar surface area (TPSA) is 41.6 Å². The predicted octanol–water partition coefficient (Wildman–Crippen LogP) is 2.87. The summed E-state index contributed by atoms with van der Waals surface area (Å²) in [6.45, 7) is 7.34. The highest BCUT2D eigenvalue weighted by atomic mass is 32.2. The number of ether oxygens (including phenoxy) is 1. The average Bonchev–Trinajstić information content (AvgIpc) is 2.96. The van der Waals surface area contributed by atoms with Gasteiger partial charge in [0.05, 0.1) is 0 Å². The maximum Gasteiger partial charge on any atom is 0.410 e. The largest absolute Gasteiger partial charge is 0.444 e. The van der Waals surface area contributed by atoms with E-state index in [1.54, 1.807) is 0 Å². The van der Waals surface area contributed by atoms with E-state index in [0.29, 0.717) is 12.1 Å². The first-order valence-electron chi connectivity index (χ1n) is 7.66. The highest BCUT2D eigenvalue weighted by Crippen LogP contribution is 2.29. The van der Waals surface area contributed by atoms with Crippen molar-refractivity contribution in [1.29, 1.82) is 0 Å². The normalized spacial score (nSPS) is 30.8. The molecule has 1 saturated carbocycles. The SMILES string of the molecule is CSC1CCCC1NC1CCN(C(=O)OC(C)(C)C)C1. The molecule has 1 aliphatic carbocycles. The lowest BCUT2D eigenvalue weighted by Gasteiger charge is -2.26. The van der Waals surface area contributed by atoms with Gasteiger partial charge in [0.25, 0.3) is 0 Å². The Labute approximate surface area is 127 Å². The van der Waals surface area contributed by atoms with Gasteiger partial charge in [-0.05, 0) is 46.3 Å².